The van der Waals surface area contributed by atoms with E-state index in [1.807, 2.05) is 30.0 Å². The quantitative estimate of drug-likeness (QED) is 0.681. The number of amides is 2. The van der Waals surface area contributed by atoms with Crippen LogP contribution >= 0.6 is 23.4 Å². The molecule has 0 spiro atoms. The molecule has 2 aromatic carbocycles. The topological polar surface area (TPSA) is 53.6 Å². The maximum Gasteiger partial charge on any atom is 0.319 e. The van der Waals surface area contributed by atoms with Crippen LogP contribution in [-0.4, -0.2) is 48.7 Å². The summed E-state index contributed by atoms with van der Waals surface area (Å²) >= 11 is 7.84. The van der Waals surface area contributed by atoms with Crippen molar-refractivity contribution < 1.29 is 9.53 Å². The lowest BCUT2D eigenvalue weighted by Crippen LogP contribution is -2.34. The Balaban J connectivity index is 1.44. The number of halogens is 1. The molecule has 2 N–H and O–H groups in total. The first kappa shape index (κ1) is 19.9. The molecule has 2 amide bonds. The van der Waals surface area contributed by atoms with Gasteiger partial charge in [-0.2, -0.15) is 11.8 Å². The predicted molar refractivity (Wildman–Crippen MR) is 113 cm³/mol. The van der Waals surface area contributed by atoms with Gasteiger partial charge in [0.1, 0.15) is 12.4 Å². The van der Waals surface area contributed by atoms with Crippen molar-refractivity contribution >= 4 is 35.1 Å². The lowest BCUT2D eigenvalue weighted by atomic mass is 10.1. The molecule has 0 unspecified atom stereocenters. The summed E-state index contributed by atoms with van der Waals surface area (Å²) in [7, 11) is 0. The van der Waals surface area contributed by atoms with Gasteiger partial charge in [-0.3, -0.25) is 4.90 Å². The van der Waals surface area contributed by atoms with Crippen molar-refractivity contribution in [3.05, 3.63) is 59.1 Å². The zero-order chi connectivity index (χ0) is 18.9. The van der Waals surface area contributed by atoms with Gasteiger partial charge in [0.15, 0.2) is 0 Å². The van der Waals surface area contributed by atoms with E-state index in [9.17, 15) is 4.79 Å². The highest BCUT2D eigenvalue weighted by atomic mass is 35.5. The van der Waals surface area contributed by atoms with Gasteiger partial charge in [0.05, 0.1) is 6.54 Å². The lowest BCUT2D eigenvalue weighted by molar-refractivity contribution is 0.247. The number of carbonyl (C=O) groups is 1. The number of carbonyl (C=O) groups excluding carboxylic acids is 1. The van der Waals surface area contributed by atoms with Gasteiger partial charge in [-0.1, -0.05) is 29.8 Å². The Kier molecular flexibility index (Phi) is 7.68. The molecule has 1 aliphatic heterocycles. The van der Waals surface area contributed by atoms with E-state index in [0.717, 1.165) is 36.6 Å². The maximum absolute atomic E-state index is 12.2. The van der Waals surface area contributed by atoms with Crippen LogP contribution in [0.2, 0.25) is 5.02 Å². The second-order valence-corrected chi connectivity index (χ2v) is 7.89. The molecule has 1 heterocycles. The molecule has 5 nitrogen and oxygen atoms in total. The summed E-state index contributed by atoms with van der Waals surface area (Å²) in [4.78, 5) is 14.6. The minimum absolute atomic E-state index is 0.226. The summed E-state index contributed by atoms with van der Waals surface area (Å²) in [5, 5.41) is 6.45. The third kappa shape index (κ3) is 6.65. The highest BCUT2D eigenvalue weighted by Crippen LogP contribution is 2.19. The molecule has 1 saturated heterocycles. The van der Waals surface area contributed by atoms with Crippen molar-refractivity contribution in [3.63, 3.8) is 0 Å². The van der Waals surface area contributed by atoms with Crippen molar-refractivity contribution in [3.8, 4) is 5.75 Å². The molecule has 0 bridgehead atoms. The largest absolute Gasteiger partial charge is 0.492 e. The van der Waals surface area contributed by atoms with E-state index in [0.29, 0.717) is 18.2 Å². The maximum atomic E-state index is 12.2. The second kappa shape index (κ2) is 10.4. The average Bonchev–Trinajstić information content (AvgIpc) is 2.69. The third-order valence-corrected chi connectivity index (χ3v) is 5.43. The minimum Gasteiger partial charge on any atom is -0.492 e. The van der Waals surface area contributed by atoms with E-state index >= 15 is 0 Å². The monoisotopic (exact) mass is 405 g/mol. The van der Waals surface area contributed by atoms with E-state index in [2.05, 4.69) is 21.6 Å². The molecular formula is C20H24ClN3O2S. The molecule has 27 heavy (non-hydrogen) atoms. The van der Waals surface area contributed by atoms with E-state index in [1.54, 1.807) is 24.3 Å². The number of anilines is 1. The van der Waals surface area contributed by atoms with Gasteiger partial charge in [0, 0.05) is 41.8 Å². The molecule has 144 valence electrons. The van der Waals surface area contributed by atoms with Gasteiger partial charge >= 0.3 is 6.03 Å². The average molecular weight is 406 g/mol. The predicted octanol–water partition coefficient (Wildman–Crippen LogP) is 4.09. The van der Waals surface area contributed by atoms with Crippen molar-refractivity contribution in [1.82, 2.24) is 10.2 Å². The van der Waals surface area contributed by atoms with Crippen molar-refractivity contribution in [2.24, 2.45) is 0 Å². The normalized spacial score (nSPS) is 14.6. The number of hydrogen-bond donors (Lipinski definition) is 2. The zero-order valence-electron chi connectivity index (χ0n) is 15.1. The van der Waals surface area contributed by atoms with Crippen LogP contribution in [0.4, 0.5) is 10.5 Å². The number of nitrogens with one attached hydrogen (secondary N) is 2. The summed E-state index contributed by atoms with van der Waals surface area (Å²) in [6.07, 6.45) is 0. The van der Waals surface area contributed by atoms with Crippen molar-refractivity contribution in [2.75, 3.05) is 43.1 Å². The minimum atomic E-state index is -0.226. The van der Waals surface area contributed by atoms with Gasteiger partial charge in [-0.05, 0) is 35.9 Å². The van der Waals surface area contributed by atoms with E-state index in [1.165, 1.54) is 11.5 Å². The first-order valence-electron chi connectivity index (χ1n) is 9.02. The number of thioether (sulfide) groups is 1. The SMILES string of the molecule is O=C(NCCOc1ccc(Cl)cc1)Nc1ccccc1CN1CCSCC1. The Morgan fingerprint density at radius 3 is 2.63 bits per heavy atom. The van der Waals surface area contributed by atoms with Gasteiger partial charge in [-0.15, -0.1) is 0 Å². The molecule has 0 aromatic heterocycles. The number of ether oxygens (including phenoxy) is 1. The Labute approximate surface area is 169 Å². The van der Waals surface area contributed by atoms with Crippen LogP contribution < -0.4 is 15.4 Å². The summed E-state index contributed by atoms with van der Waals surface area (Å²) in [6, 6.07) is 14.9. The van der Waals surface area contributed by atoms with E-state index in [4.69, 9.17) is 16.3 Å². The first-order valence-corrected chi connectivity index (χ1v) is 10.6. The number of rotatable bonds is 7. The molecule has 0 saturated carbocycles. The molecule has 0 atom stereocenters. The summed E-state index contributed by atoms with van der Waals surface area (Å²) in [5.41, 5.74) is 1.99. The zero-order valence-corrected chi connectivity index (χ0v) is 16.7. The van der Waals surface area contributed by atoms with E-state index < -0.39 is 0 Å². The van der Waals surface area contributed by atoms with Crippen LogP contribution in [0.3, 0.4) is 0 Å². The number of urea groups is 1. The molecular weight excluding hydrogens is 382 g/mol. The van der Waals surface area contributed by atoms with Gasteiger partial charge in [0.25, 0.3) is 0 Å². The third-order valence-electron chi connectivity index (χ3n) is 4.23. The fraction of sp³-hybridized carbons (Fsp3) is 0.350. The molecule has 0 aliphatic carbocycles. The number of benzene rings is 2. The van der Waals surface area contributed by atoms with Crippen LogP contribution in [0.5, 0.6) is 5.75 Å². The molecule has 3 rings (SSSR count). The van der Waals surface area contributed by atoms with Crippen LogP contribution in [0.15, 0.2) is 48.5 Å². The summed E-state index contributed by atoms with van der Waals surface area (Å²) in [6.45, 7) is 3.85. The second-order valence-electron chi connectivity index (χ2n) is 6.23. The summed E-state index contributed by atoms with van der Waals surface area (Å²) < 4.78 is 5.58. The van der Waals surface area contributed by atoms with Crippen molar-refractivity contribution in [1.29, 1.82) is 0 Å². The Hall–Kier alpha value is -1.89. The highest BCUT2D eigenvalue weighted by molar-refractivity contribution is 7.99. The van der Waals surface area contributed by atoms with E-state index in [-0.39, 0.29) is 6.03 Å². The fourth-order valence-corrected chi connectivity index (χ4v) is 3.92. The first-order chi connectivity index (χ1) is 13.2. The molecule has 7 heteroatoms. The number of hydrogen-bond acceptors (Lipinski definition) is 4. The lowest BCUT2D eigenvalue weighted by Gasteiger charge is -2.27. The standard InChI is InChI=1S/C20H24ClN3O2S/c21-17-5-7-18(8-6-17)26-12-9-22-20(25)23-19-4-2-1-3-16(19)15-24-10-13-27-14-11-24/h1-8H,9-15H2,(H2,22,23,25). The fourth-order valence-electron chi connectivity index (χ4n) is 2.81. The van der Waals surface area contributed by atoms with Gasteiger partial charge in [0.2, 0.25) is 0 Å². The highest BCUT2D eigenvalue weighted by Gasteiger charge is 2.13. The van der Waals surface area contributed by atoms with Crippen LogP contribution in [0, 0.1) is 0 Å². The smallest absolute Gasteiger partial charge is 0.319 e. The molecule has 2 aromatic rings. The van der Waals surface area contributed by atoms with Crippen LogP contribution in [0.25, 0.3) is 0 Å². The Morgan fingerprint density at radius 2 is 1.85 bits per heavy atom. The Morgan fingerprint density at radius 1 is 1.11 bits per heavy atom. The number of para-hydroxylation sites is 1. The molecule has 1 aliphatic rings. The van der Waals surface area contributed by atoms with Gasteiger partial charge in [-0.25, -0.2) is 4.79 Å². The number of nitrogens with zero attached hydrogens (tertiary/aromatic N) is 1. The van der Waals surface area contributed by atoms with Crippen LogP contribution in [-0.2, 0) is 6.54 Å². The molecule has 1 fully saturated rings. The van der Waals surface area contributed by atoms with Gasteiger partial charge < -0.3 is 15.4 Å². The van der Waals surface area contributed by atoms with Crippen molar-refractivity contribution in [2.45, 2.75) is 6.54 Å². The van der Waals surface area contributed by atoms with Crippen LogP contribution in [0.1, 0.15) is 5.56 Å². The summed E-state index contributed by atoms with van der Waals surface area (Å²) in [5.74, 6) is 3.07. The Bertz CT molecular complexity index is 736. The molecule has 0 radical (unpaired) electrons.